The average molecular weight is 280 g/mol. The highest BCUT2D eigenvalue weighted by Gasteiger charge is 2.27. The van der Waals surface area contributed by atoms with Crippen LogP contribution in [0.15, 0.2) is 5.38 Å². The van der Waals surface area contributed by atoms with E-state index in [4.69, 9.17) is 0 Å². The lowest BCUT2D eigenvalue weighted by atomic mass is 10.2. The maximum Gasteiger partial charge on any atom is 0.411 e. The Kier molecular flexibility index (Phi) is 4.58. The third kappa shape index (κ3) is 4.22. The van der Waals surface area contributed by atoms with Gasteiger partial charge in [0.2, 0.25) is 0 Å². The van der Waals surface area contributed by atoms with E-state index in [0.29, 0.717) is 12.5 Å². The van der Waals surface area contributed by atoms with E-state index in [-0.39, 0.29) is 6.61 Å². The average Bonchev–Trinajstić information content (AvgIpc) is 2.93. The van der Waals surface area contributed by atoms with Crippen LogP contribution < -0.4 is 5.32 Å². The van der Waals surface area contributed by atoms with Gasteiger partial charge in [-0.15, -0.1) is 11.3 Å². The van der Waals surface area contributed by atoms with Gasteiger partial charge in [0.25, 0.3) is 0 Å². The lowest BCUT2D eigenvalue weighted by Gasteiger charge is -2.06. The zero-order valence-electron chi connectivity index (χ0n) is 9.79. The van der Waals surface area contributed by atoms with Crippen LogP contribution in [0, 0.1) is 0 Å². The lowest BCUT2D eigenvalue weighted by Crippen LogP contribution is -2.18. The van der Waals surface area contributed by atoms with E-state index in [1.165, 1.54) is 11.3 Å². The van der Waals surface area contributed by atoms with E-state index in [0.717, 1.165) is 30.1 Å². The van der Waals surface area contributed by atoms with Crippen molar-refractivity contribution in [2.75, 3.05) is 19.8 Å². The summed E-state index contributed by atoms with van der Waals surface area (Å²) < 4.78 is 40.1. The molecule has 7 heteroatoms. The Hall–Kier alpha value is -0.660. The molecule has 18 heavy (non-hydrogen) atoms. The predicted molar refractivity (Wildman–Crippen MR) is 62.7 cm³/mol. The summed E-state index contributed by atoms with van der Waals surface area (Å²) in [5, 5.41) is 6.15. The second-order valence-corrected chi connectivity index (χ2v) is 5.18. The van der Waals surface area contributed by atoms with E-state index in [2.05, 4.69) is 15.0 Å². The number of hydrogen-bond donors (Lipinski definition) is 1. The van der Waals surface area contributed by atoms with Crippen LogP contribution in [0.4, 0.5) is 13.2 Å². The first kappa shape index (κ1) is 13.8. The van der Waals surface area contributed by atoms with Crippen molar-refractivity contribution in [3.63, 3.8) is 0 Å². The number of hydrogen-bond acceptors (Lipinski definition) is 4. The van der Waals surface area contributed by atoms with Crippen LogP contribution in [0.5, 0.6) is 0 Å². The van der Waals surface area contributed by atoms with E-state index >= 15 is 0 Å². The van der Waals surface area contributed by atoms with Gasteiger partial charge in [-0.25, -0.2) is 4.98 Å². The number of ether oxygens (including phenoxy) is 1. The summed E-state index contributed by atoms with van der Waals surface area (Å²) in [6.07, 6.45) is -1.59. The molecule has 1 fully saturated rings. The van der Waals surface area contributed by atoms with Crippen molar-refractivity contribution in [1.29, 1.82) is 0 Å². The van der Waals surface area contributed by atoms with Gasteiger partial charge in [-0.3, -0.25) is 0 Å². The van der Waals surface area contributed by atoms with Crippen molar-refractivity contribution in [1.82, 2.24) is 10.3 Å². The highest BCUT2D eigenvalue weighted by atomic mass is 32.1. The molecule has 1 aliphatic heterocycles. The van der Waals surface area contributed by atoms with Gasteiger partial charge in [-0.2, -0.15) is 13.2 Å². The standard InChI is InChI=1S/C11H15F3N2OS/c12-11(13,14)7-17-5-3-10-16-9(6-18-10)8-2-1-4-15-8/h6,8,15H,1-5,7H2/t8-/m1/s1. The first-order valence-electron chi connectivity index (χ1n) is 5.87. The number of nitrogens with zero attached hydrogens (tertiary/aromatic N) is 1. The first-order chi connectivity index (χ1) is 8.54. The minimum atomic E-state index is -4.25. The molecule has 0 bridgehead atoms. The van der Waals surface area contributed by atoms with Crippen LogP contribution >= 0.6 is 11.3 Å². The molecule has 0 amide bonds. The van der Waals surface area contributed by atoms with E-state index in [9.17, 15) is 13.2 Å². The number of aromatic nitrogens is 1. The van der Waals surface area contributed by atoms with Crippen LogP contribution in [0.1, 0.15) is 29.6 Å². The number of rotatable bonds is 5. The third-order valence-electron chi connectivity index (χ3n) is 2.71. The Morgan fingerprint density at radius 2 is 2.33 bits per heavy atom. The fraction of sp³-hybridized carbons (Fsp3) is 0.727. The molecule has 1 saturated heterocycles. The molecule has 0 spiro atoms. The Bertz CT molecular complexity index is 375. The number of halogens is 3. The fourth-order valence-corrected chi connectivity index (χ4v) is 2.72. The normalized spacial score (nSPS) is 20.5. The van der Waals surface area contributed by atoms with E-state index in [1.54, 1.807) is 0 Å². The van der Waals surface area contributed by atoms with Gasteiger partial charge in [-0.05, 0) is 19.4 Å². The van der Waals surface area contributed by atoms with E-state index in [1.807, 2.05) is 5.38 Å². The topological polar surface area (TPSA) is 34.1 Å². The second kappa shape index (κ2) is 5.99. The fourth-order valence-electron chi connectivity index (χ4n) is 1.88. The van der Waals surface area contributed by atoms with Gasteiger partial charge in [0.1, 0.15) is 6.61 Å². The summed E-state index contributed by atoms with van der Waals surface area (Å²) in [6.45, 7) is -0.119. The summed E-state index contributed by atoms with van der Waals surface area (Å²) >= 11 is 1.48. The second-order valence-electron chi connectivity index (χ2n) is 4.23. The Morgan fingerprint density at radius 1 is 1.50 bits per heavy atom. The Morgan fingerprint density at radius 3 is 3.00 bits per heavy atom. The molecule has 0 unspecified atom stereocenters. The smallest absolute Gasteiger partial charge is 0.372 e. The largest absolute Gasteiger partial charge is 0.411 e. The summed E-state index contributed by atoms with van der Waals surface area (Å²) in [5.41, 5.74) is 1.00. The minimum absolute atomic E-state index is 0.0601. The van der Waals surface area contributed by atoms with Gasteiger partial charge in [-0.1, -0.05) is 0 Å². The summed E-state index contributed by atoms with van der Waals surface area (Å²) in [6, 6.07) is 0.311. The minimum Gasteiger partial charge on any atom is -0.372 e. The Balaban J connectivity index is 1.73. The van der Waals surface area contributed by atoms with Crippen molar-refractivity contribution >= 4 is 11.3 Å². The lowest BCUT2D eigenvalue weighted by molar-refractivity contribution is -0.173. The highest BCUT2D eigenvalue weighted by Crippen LogP contribution is 2.24. The van der Waals surface area contributed by atoms with Crippen LogP contribution in [-0.2, 0) is 11.2 Å². The number of alkyl halides is 3. The van der Waals surface area contributed by atoms with Crippen LogP contribution in [0.2, 0.25) is 0 Å². The SMILES string of the molecule is FC(F)(F)COCCc1nc([C@H]2CCCN2)cs1. The molecule has 102 valence electrons. The van der Waals surface area contributed by atoms with Crippen LogP contribution in [-0.4, -0.2) is 30.9 Å². The summed E-state index contributed by atoms with van der Waals surface area (Å²) in [4.78, 5) is 4.42. The van der Waals surface area contributed by atoms with E-state index < -0.39 is 12.8 Å². The number of thiazole rings is 1. The maximum atomic E-state index is 11.8. The molecule has 0 aromatic carbocycles. The van der Waals surface area contributed by atoms with Crippen LogP contribution in [0.3, 0.4) is 0 Å². The molecule has 0 radical (unpaired) electrons. The maximum absolute atomic E-state index is 11.8. The van der Waals surface area contributed by atoms with Gasteiger partial charge >= 0.3 is 6.18 Å². The molecule has 1 atom stereocenters. The van der Waals surface area contributed by atoms with Gasteiger partial charge in [0.15, 0.2) is 0 Å². The molecular formula is C11H15F3N2OS. The van der Waals surface area contributed by atoms with Crippen LogP contribution in [0.25, 0.3) is 0 Å². The monoisotopic (exact) mass is 280 g/mol. The molecule has 2 rings (SSSR count). The Labute approximate surface area is 107 Å². The zero-order valence-corrected chi connectivity index (χ0v) is 10.6. The molecule has 1 aliphatic rings. The van der Waals surface area contributed by atoms with Crippen molar-refractivity contribution in [2.45, 2.75) is 31.5 Å². The molecule has 3 nitrogen and oxygen atoms in total. The van der Waals surface area contributed by atoms with Gasteiger partial charge < -0.3 is 10.1 Å². The van der Waals surface area contributed by atoms with Gasteiger partial charge in [0, 0.05) is 11.8 Å². The molecule has 1 aromatic heterocycles. The molecule has 1 aromatic rings. The molecule has 2 heterocycles. The molecule has 1 N–H and O–H groups in total. The number of nitrogens with one attached hydrogen (secondary N) is 1. The highest BCUT2D eigenvalue weighted by molar-refractivity contribution is 7.09. The molecule has 0 saturated carbocycles. The van der Waals surface area contributed by atoms with Gasteiger partial charge in [0.05, 0.1) is 23.4 Å². The third-order valence-corrected chi connectivity index (χ3v) is 3.64. The zero-order chi connectivity index (χ0) is 13.0. The van der Waals surface area contributed by atoms with Crippen molar-refractivity contribution < 1.29 is 17.9 Å². The van der Waals surface area contributed by atoms with Crippen molar-refractivity contribution in [3.8, 4) is 0 Å². The first-order valence-corrected chi connectivity index (χ1v) is 6.75. The quantitative estimate of drug-likeness (QED) is 0.842. The summed E-state index contributed by atoms with van der Waals surface area (Å²) in [5.74, 6) is 0. The predicted octanol–water partition coefficient (Wildman–Crippen LogP) is 2.69. The van der Waals surface area contributed by atoms with Crippen molar-refractivity contribution in [2.24, 2.45) is 0 Å². The molecular weight excluding hydrogens is 265 g/mol. The molecule has 0 aliphatic carbocycles. The van der Waals surface area contributed by atoms with Crippen molar-refractivity contribution in [3.05, 3.63) is 16.1 Å². The summed E-state index contributed by atoms with van der Waals surface area (Å²) in [7, 11) is 0.